The van der Waals surface area contributed by atoms with Crippen LogP contribution in [0.2, 0.25) is 0 Å². The van der Waals surface area contributed by atoms with Crippen molar-refractivity contribution in [3.63, 3.8) is 0 Å². The van der Waals surface area contributed by atoms with Crippen LogP contribution in [0.15, 0.2) is 21.6 Å². The Morgan fingerprint density at radius 3 is 2.65 bits per heavy atom. The van der Waals surface area contributed by atoms with E-state index in [1.54, 1.807) is 6.07 Å². The summed E-state index contributed by atoms with van der Waals surface area (Å²) in [6, 6.07) is 3.56. The van der Waals surface area contributed by atoms with Gasteiger partial charge in [-0.1, -0.05) is 18.0 Å². The number of rotatable bonds is 8. The van der Waals surface area contributed by atoms with Gasteiger partial charge in [0, 0.05) is 37.8 Å². The number of anilines is 1. The maximum Gasteiger partial charge on any atom is 0.243 e. The van der Waals surface area contributed by atoms with Crippen molar-refractivity contribution in [2.45, 2.75) is 50.5 Å². The Morgan fingerprint density at radius 2 is 1.94 bits per heavy atom. The van der Waals surface area contributed by atoms with Crippen molar-refractivity contribution >= 4 is 27.0 Å². The van der Waals surface area contributed by atoms with Gasteiger partial charge in [0.05, 0.1) is 24.4 Å². The van der Waals surface area contributed by atoms with Crippen LogP contribution >= 0.6 is 0 Å². The molecule has 1 saturated heterocycles. The minimum absolute atomic E-state index is 0.0344. The molecule has 3 aromatic rings. The average Bonchev–Trinajstić information content (AvgIpc) is 3.54. The fourth-order valence-corrected chi connectivity index (χ4v) is 6.39. The summed E-state index contributed by atoms with van der Waals surface area (Å²) in [4.78, 5) is 10.4. The molecule has 3 N–H and O–H groups in total. The van der Waals surface area contributed by atoms with Gasteiger partial charge in [0.25, 0.3) is 0 Å². The van der Waals surface area contributed by atoms with Gasteiger partial charge >= 0.3 is 0 Å². The monoisotopic (exact) mass is 488 g/mol. The molecule has 0 amide bonds. The van der Waals surface area contributed by atoms with Crippen LogP contribution in [0.3, 0.4) is 0 Å². The van der Waals surface area contributed by atoms with E-state index < -0.39 is 10.0 Å². The molecule has 3 heterocycles. The molecule has 2 aromatic heterocycles. The van der Waals surface area contributed by atoms with Gasteiger partial charge in [0.1, 0.15) is 16.2 Å². The number of benzene rings is 1. The SMILES string of the molecule is Cc1noc(C)c1-c1cc(S(=O)(=O)NC2CCCC2)c2nc(NCCN3CCOCC3)[nH]c2c1. The molecule has 0 unspecified atom stereocenters. The molecule has 11 heteroatoms. The van der Waals surface area contributed by atoms with Crippen molar-refractivity contribution in [1.29, 1.82) is 0 Å². The Kier molecular flexibility index (Phi) is 6.61. The number of aromatic amines is 1. The van der Waals surface area contributed by atoms with E-state index in [-0.39, 0.29) is 10.9 Å². The van der Waals surface area contributed by atoms with E-state index in [4.69, 9.17) is 9.26 Å². The molecule has 2 aliphatic rings. The lowest BCUT2D eigenvalue weighted by molar-refractivity contribution is 0.0398. The molecule has 1 aliphatic carbocycles. The van der Waals surface area contributed by atoms with Gasteiger partial charge in [-0.05, 0) is 44.4 Å². The molecule has 1 aromatic carbocycles. The summed E-state index contributed by atoms with van der Waals surface area (Å²) in [7, 11) is -3.77. The summed E-state index contributed by atoms with van der Waals surface area (Å²) in [5.74, 6) is 1.20. The molecule has 10 nitrogen and oxygen atoms in total. The maximum atomic E-state index is 13.5. The number of morpholine rings is 1. The van der Waals surface area contributed by atoms with E-state index in [1.165, 1.54) is 0 Å². The first-order chi connectivity index (χ1) is 16.4. The first-order valence-corrected chi connectivity index (χ1v) is 13.4. The quantitative estimate of drug-likeness (QED) is 0.442. The lowest BCUT2D eigenvalue weighted by Gasteiger charge is -2.26. The number of nitrogens with one attached hydrogen (secondary N) is 3. The largest absolute Gasteiger partial charge is 0.379 e. The van der Waals surface area contributed by atoms with Gasteiger partial charge in [0.15, 0.2) is 0 Å². The highest BCUT2D eigenvalue weighted by Gasteiger charge is 2.27. The number of aromatic nitrogens is 3. The van der Waals surface area contributed by atoms with Crippen molar-refractivity contribution in [3.05, 3.63) is 23.6 Å². The fraction of sp³-hybridized carbons (Fsp3) is 0.565. The first-order valence-electron chi connectivity index (χ1n) is 11.9. The Balaban J connectivity index is 1.48. The summed E-state index contributed by atoms with van der Waals surface area (Å²) < 4.78 is 40.6. The smallest absolute Gasteiger partial charge is 0.243 e. The lowest BCUT2D eigenvalue weighted by Crippen LogP contribution is -2.39. The predicted molar refractivity (Wildman–Crippen MR) is 129 cm³/mol. The topological polar surface area (TPSA) is 125 Å². The van der Waals surface area contributed by atoms with Gasteiger partial charge in [-0.25, -0.2) is 18.1 Å². The van der Waals surface area contributed by atoms with Crippen molar-refractivity contribution in [2.75, 3.05) is 44.7 Å². The molecule has 5 rings (SSSR count). The minimum Gasteiger partial charge on any atom is -0.379 e. The second-order valence-corrected chi connectivity index (χ2v) is 10.8. The Labute approximate surface area is 199 Å². The Hall–Kier alpha value is -2.47. The number of imidazole rings is 1. The third-order valence-corrected chi connectivity index (χ3v) is 8.20. The van der Waals surface area contributed by atoms with Crippen molar-refractivity contribution in [3.8, 4) is 11.1 Å². The zero-order valence-electron chi connectivity index (χ0n) is 19.7. The molecule has 0 atom stereocenters. The molecule has 1 saturated carbocycles. The molecule has 1 aliphatic heterocycles. The number of ether oxygens (including phenoxy) is 1. The summed E-state index contributed by atoms with van der Waals surface area (Å²) in [5.41, 5.74) is 3.33. The second kappa shape index (κ2) is 9.65. The van der Waals surface area contributed by atoms with Gasteiger partial charge in [0.2, 0.25) is 16.0 Å². The van der Waals surface area contributed by atoms with Crippen molar-refractivity contribution in [1.82, 2.24) is 24.7 Å². The standard InChI is InChI=1S/C23H32N6O4S/c1-15-21(16(2)33-27-15)17-13-19-22(20(14-17)34(30,31)28-18-5-3-4-6-18)26-23(25-19)24-7-8-29-9-11-32-12-10-29/h13-14,18,28H,3-12H2,1-2H3,(H2,24,25,26). The zero-order valence-corrected chi connectivity index (χ0v) is 20.5. The minimum atomic E-state index is -3.77. The number of hydrogen-bond donors (Lipinski definition) is 3. The summed E-state index contributed by atoms with van der Waals surface area (Å²) in [5, 5.41) is 7.36. The van der Waals surface area contributed by atoms with Crippen LogP contribution in [-0.4, -0.2) is 73.9 Å². The Morgan fingerprint density at radius 1 is 1.18 bits per heavy atom. The number of aryl methyl sites for hydroxylation is 2. The number of fused-ring (bicyclic) bond motifs is 1. The van der Waals surface area contributed by atoms with Crippen LogP contribution in [-0.2, 0) is 14.8 Å². The second-order valence-electron chi connectivity index (χ2n) is 9.14. The van der Waals surface area contributed by atoms with E-state index in [9.17, 15) is 8.42 Å². The molecular formula is C23H32N6O4S. The van der Waals surface area contributed by atoms with Crippen molar-refractivity contribution < 1.29 is 17.7 Å². The molecule has 0 bridgehead atoms. The van der Waals surface area contributed by atoms with Gasteiger partial charge in [-0.15, -0.1) is 0 Å². The van der Waals surface area contributed by atoms with Gasteiger partial charge < -0.3 is 19.6 Å². The van der Waals surface area contributed by atoms with Gasteiger partial charge in [-0.2, -0.15) is 0 Å². The number of H-pyrrole nitrogens is 1. The molecule has 184 valence electrons. The number of sulfonamides is 1. The third-order valence-electron chi connectivity index (χ3n) is 6.66. The molecule has 0 spiro atoms. The van der Waals surface area contributed by atoms with Crippen LogP contribution in [0.4, 0.5) is 5.95 Å². The van der Waals surface area contributed by atoms with Crippen LogP contribution in [0, 0.1) is 13.8 Å². The van der Waals surface area contributed by atoms with Crippen LogP contribution in [0.5, 0.6) is 0 Å². The highest BCUT2D eigenvalue weighted by molar-refractivity contribution is 7.89. The fourth-order valence-electron chi connectivity index (χ4n) is 4.90. The van der Waals surface area contributed by atoms with E-state index >= 15 is 0 Å². The van der Waals surface area contributed by atoms with Crippen molar-refractivity contribution in [2.24, 2.45) is 0 Å². The van der Waals surface area contributed by atoms with Gasteiger partial charge in [-0.3, -0.25) is 4.90 Å². The summed E-state index contributed by atoms with van der Waals surface area (Å²) >= 11 is 0. The van der Waals surface area contributed by atoms with E-state index in [2.05, 4.69) is 30.1 Å². The van der Waals surface area contributed by atoms with E-state index in [1.807, 2.05) is 19.9 Å². The first kappa shape index (κ1) is 23.3. The Bertz CT molecular complexity index is 1240. The molecule has 34 heavy (non-hydrogen) atoms. The average molecular weight is 489 g/mol. The van der Waals surface area contributed by atoms with E-state index in [0.29, 0.717) is 35.0 Å². The normalized spacial score (nSPS) is 18.2. The lowest BCUT2D eigenvalue weighted by atomic mass is 10.0. The third kappa shape index (κ3) is 4.83. The predicted octanol–water partition coefficient (Wildman–Crippen LogP) is 2.80. The molecule has 0 radical (unpaired) electrons. The number of hydrogen-bond acceptors (Lipinski definition) is 8. The van der Waals surface area contributed by atoms with Crippen LogP contribution in [0.25, 0.3) is 22.2 Å². The van der Waals surface area contributed by atoms with E-state index in [0.717, 1.165) is 69.7 Å². The summed E-state index contributed by atoms with van der Waals surface area (Å²) in [6.07, 6.45) is 3.81. The maximum absolute atomic E-state index is 13.5. The molecule has 2 fully saturated rings. The molecular weight excluding hydrogens is 456 g/mol. The zero-order chi connectivity index (χ0) is 23.7. The summed E-state index contributed by atoms with van der Waals surface area (Å²) in [6.45, 7) is 8.57. The van der Waals surface area contributed by atoms with Crippen LogP contribution < -0.4 is 10.0 Å². The highest BCUT2D eigenvalue weighted by atomic mass is 32.2. The number of nitrogens with zero attached hydrogens (tertiary/aromatic N) is 3. The highest BCUT2D eigenvalue weighted by Crippen LogP contribution is 2.34. The van der Waals surface area contributed by atoms with Crippen LogP contribution in [0.1, 0.15) is 37.1 Å².